The predicted octanol–water partition coefficient (Wildman–Crippen LogP) is 3.99. The SMILES string of the molecule is CC(C)NC(=O)c1c[nH]c2ncc(C(=N)c3ccc(Cl)cc3NC(C)C)nc12. The molecule has 1 amide bonds. The van der Waals surface area contributed by atoms with Crippen molar-refractivity contribution in [3.63, 3.8) is 0 Å². The van der Waals surface area contributed by atoms with Gasteiger partial charge in [0.25, 0.3) is 5.91 Å². The summed E-state index contributed by atoms with van der Waals surface area (Å²) in [6.07, 6.45) is 3.11. The first-order valence-electron chi connectivity index (χ1n) is 9.06. The minimum Gasteiger partial charge on any atom is -0.382 e. The molecule has 28 heavy (non-hydrogen) atoms. The highest BCUT2D eigenvalue weighted by Gasteiger charge is 2.18. The molecule has 2 heterocycles. The van der Waals surface area contributed by atoms with Crippen LogP contribution < -0.4 is 10.6 Å². The van der Waals surface area contributed by atoms with E-state index < -0.39 is 0 Å². The summed E-state index contributed by atoms with van der Waals surface area (Å²) in [6.45, 7) is 7.81. The summed E-state index contributed by atoms with van der Waals surface area (Å²) < 4.78 is 0. The number of benzene rings is 1. The lowest BCUT2D eigenvalue weighted by molar-refractivity contribution is 0.0944. The van der Waals surface area contributed by atoms with E-state index in [0.717, 1.165) is 5.69 Å². The second-order valence-electron chi connectivity index (χ2n) is 7.15. The summed E-state index contributed by atoms with van der Waals surface area (Å²) in [4.78, 5) is 24.3. The Labute approximate surface area is 168 Å². The van der Waals surface area contributed by atoms with Crippen LogP contribution in [0.3, 0.4) is 0 Å². The molecule has 4 N–H and O–H groups in total. The summed E-state index contributed by atoms with van der Waals surface area (Å²) in [7, 11) is 0. The van der Waals surface area contributed by atoms with Gasteiger partial charge >= 0.3 is 0 Å². The number of aromatic amines is 1. The molecule has 0 saturated carbocycles. The lowest BCUT2D eigenvalue weighted by Crippen LogP contribution is -2.30. The monoisotopic (exact) mass is 398 g/mol. The highest BCUT2D eigenvalue weighted by Crippen LogP contribution is 2.25. The Hall–Kier alpha value is -2.93. The van der Waals surface area contributed by atoms with Gasteiger partial charge in [0, 0.05) is 34.6 Å². The predicted molar refractivity (Wildman–Crippen MR) is 113 cm³/mol. The molecule has 0 atom stereocenters. The van der Waals surface area contributed by atoms with E-state index in [2.05, 4.69) is 25.6 Å². The Morgan fingerprint density at radius 3 is 2.61 bits per heavy atom. The van der Waals surface area contributed by atoms with Crippen molar-refractivity contribution >= 4 is 40.1 Å². The van der Waals surface area contributed by atoms with Crippen LogP contribution >= 0.6 is 11.6 Å². The van der Waals surface area contributed by atoms with Gasteiger partial charge in [0.15, 0.2) is 5.65 Å². The standard InChI is InChI=1S/C20H23ClN6O/c1-10(2)25-15-7-12(21)5-6-13(15)17(22)16-9-24-19-18(27-16)14(8-23-19)20(28)26-11(3)4/h5-11,22,25H,1-4H3,(H,23,24)(H,26,28). The molecule has 0 fully saturated rings. The number of carbonyl (C=O) groups is 1. The van der Waals surface area contributed by atoms with Crippen molar-refractivity contribution in [2.45, 2.75) is 39.8 Å². The zero-order valence-corrected chi connectivity index (χ0v) is 17.0. The zero-order valence-electron chi connectivity index (χ0n) is 16.2. The molecule has 0 unspecified atom stereocenters. The van der Waals surface area contributed by atoms with Crippen molar-refractivity contribution in [1.82, 2.24) is 20.3 Å². The molecule has 0 aliphatic carbocycles. The number of H-pyrrole nitrogens is 1. The number of fused-ring (bicyclic) bond motifs is 1. The molecule has 0 spiro atoms. The third-order valence-corrected chi connectivity index (χ3v) is 4.23. The van der Waals surface area contributed by atoms with E-state index in [1.54, 1.807) is 24.4 Å². The van der Waals surface area contributed by atoms with Crippen LogP contribution in [0.15, 0.2) is 30.6 Å². The largest absolute Gasteiger partial charge is 0.382 e. The molecular formula is C20H23ClN6O. The average Bonchev–Trinajstić information content (AvgIpc) is 3.03. The second kappa shape index (κ2) is 7.98. The number of carbonyl (C=O) groups excluding carboxylic acids is 1. The van der Waals surface area contributed by atoms with Gasteiger partial charge in [-0.05, 0) is 45.9 Å². The highest BCUT2D eigenvalue weighted by molar-refractivity contribution is 6.31. The maximum Gasteiger partial charge on any atom is 0.255 e. The van der Waals surface area contributed by atoms with E-state index in [4.69, 9.17) is 17.0 Å². The van der Waals surface area contributed by atoms with Gasteiger partial charge in [0.05, 0.1) is 17.5 Å². The third kappa shape index (κ3) is 4.14. The fourth-order valence-electron chi connectivity index (χ4n) is 2.83. The number of rotatable bonds is 6. The topological polar surface area (TPSA) is 107 Å². The molecule has 0 saturated heterocycles. The van der Waals surface area contributed by atoms with Crippen LogP contribution in [0, 0.1) is 5.41 Å². The van der Waals surface area contributed by atoms with Crippen molar-refractivity contribution < 1.29 is 4.79 Å². The quantitative estimate of drug-likeness (QED) is 0.471. The number of nitrogens with zero attached hydrogens (tertiary/aromatic N) is 2. The average molecular weight is 399 g/mol. The minimum atomic E-state index is -0.229. The molecular weight excluding hydrogens is 376 g/mol. The van der Waals surface area contributed by atoms with E-state index in [0.29, 0.717) is 33.0 Å². The number of amides is 1. The Morgan fingerprint density at radius 1 is 1.18 bits per heavy atom. The third-order valence-electron chi connectivity index (χ3n) is 4.00. The first kappa shape index (κ1) is 19.8. The first-order chi connectivity index (χ1) is 13.3. The summed E-state index contributed by atoms with van der Waals surface area (Å²) in [5, 5.41) is 15.4. The van der Waals surface area contributed by atoms with Crippen molar-refractivity contribution in [1.29, 1.82) is 5.41 Å². The summed E-state index contributed by atoms with van der Waals surface area (Å²) >= 11 is 6.12. The van der Waals surface area contributed by atoms with Gasteiger partial charge in [-0.15, -0.1) is 0 Å². The minimum absolute atomic E-state index is 0.00521. The van der Waals surface area contributed by atoms with Gasteiger partial charge in [0.2, 0.25) is 0 Å². The number of hydrogen-bond donors (Lipinski definition) is 4. The molecule has 0 bridgehead atoms. The van der Waals surface area contributed by atoms with Crippen LogP contribution in [0.2, 0.25) is 5.02 Å². The Bertz CT molecular complexity index is 1040. The molecule has 1 aromatic carbocycles. The van der Waals surface area contributed by atoms with E-state index in [1.165, 1.54) is 6.20 Å². The molecule has 2 aromatic heterocycles. The van der Waals surface area contributed by atoms with E-state index >= 15 is 0 Å². The van der Waals surface area contributed by atoms with Crippen LogP contribution in [0.4, 0.5) is 5.69 Å². The van der Waals surface area contributed by atoms with E-state index in [1.807, 2.05) is 27.7 Å². The summed E-state index contributed by atoms with van der Waals surface area (Å²) in [6, 6.07) is 5.49. The maximum absolute atomic E-state index is 12.4. The number of hydrogen-bond acceptors (Lipinski definition) is 5. The van der Waals surface area contributed by atoms with E-state index in [-0.39, 0.29) is 23.7 Å². The Morgan fingerprint density at radius 2 is 1.93 bits per heavy atom. The van der Waals surface area contributed by atoms with Crippen molar-refractivity contribution in [3.05, 3.63) is 52.4 Å². The number of nitrogens with one attached hydrogen (secondary N) is 4. The Kier molecular flexibility index (Phi) is 5.65. The molecule has 7 nitrogen and oxygen atoms in total. The summed E-state index contributed by atoms with van der Waals surface area (Å²) in [5.74, 6) is -0.229. The normalized spacial score (nSPS) is 11.2. The lowest BCUT2D eigenvalue weighted by atomic mass is 10.0. The van der Waals surface area contributed by atoms with Crippen LogP contribution in [-0.4, -0.2) is 38.7 Å². The maximum atomic E-state index is 12.4. The van der Waals surface area contributed by atoms with Gasteiger partial charge < -0.3 is 15.6 Å². The molecule has 0 aliphatic rings. The number of anilines is 1. The lowest BCUT2D eigenvalue weighted by Gasteiger charge is -2.15. The Balaban J connectivity index is 2.02. The van der Waals surface area contributed by atoms with Crippen LogP contribution in [0.25, 0.3) is 11.2 Å². The summed E-state index contributed by atoms with van der Waals surface area (Å²) in [5.41, 5.74) is 3.33. The number of aromatic nitrogens is 3. The molecule has 0 aliphatic heterocycles. The molecule has 8 heteroatoms. The number of halogens is 1. The molecule has 3 rings (SSSR count). The van der Waals surface area contributed by atoms with Gasteiger partial charge in [-0.3, -0.25) is 10.2 Å². The van der Waals surface area contributed by atoms with Crippen molar-refractivity contribution in [2.24, 2.45) is 0 Å². The van der Waals surface area contributed by atoms with Gasteiger partial charge in [-0.25, -0.2) is 9.97 Å². The fraction of sp³-hybridized carbons (Fsp3) is 0.300. The zero-order chi connectivity index (χ0) is 20.4. The highest BCUT2D eigenvalue weighted by atomic mass is 35.5. The van der Waals surface area contributed by atoms with Crippen molar-refractivity contribution in [2.75, 3.05) is 5.32 Å². The van der Waals surface area contributed by atoms with Gasteiger partial charge in [0.1, 0.15) is 11.2 Å². The second-order valence-corrected chi connectivity index (χ2v) is 7.58. The first-order valence-corrected chi connectivity index (χ1v) is 9.44. The molecule has 3 aromatic rings. The van der Waals surface area contributed by atoms with Crippen molar-refractivity contribution in [3.8, 4) is 0 Å². The van der Waals surface area contributed by atoms with Crippen LogP contribution in [-0.2, 0) is 0 Å². The van der Waals surface area contributed by atoms with Crippen LogP contribution in [0.1, 0.15) is 49.3 Å². The van der Waals surface area contributed by atoms with E-state index in [9.17, 15) is 4.79 Å². The van der Waals surface area contributed by atoms with Gasteiger partial charge in [-0.2, -0.15) is 0 Å². The molecule has 146 valence electrons. The van der Waals surface area contributed by atoms with Crippen LogP contribution in [0.5, 0.6) is 0 Å². The smallest absolute Gasteiger partial charge is 0.255 e. The van der Waals surface area contributed by atoms with Gasteiger partial charge in [-0.1, -0.05) is 11.6 Å². The fourth-order valence-corrected chi connectivity index (χ4v) is 3.00. The molecule has 0 radical (unpaired) electrons.